The maximum Gasteiger partial charge on any atom is 0.119 e. The molecule has 0 aliphatic heterocycles. The van der Waals surface area contributed by atoms with E-state index in [0.717, 1.165) is 24.4 Å². The van der Waals surface area contributed by atoms with Gasteiger partial charge in [-0.05, 0) is 51.6 Å². The van der Waals surface area contributed by atoms with Gasteiger partial charge in [0.1, 0.15) is 5.75 Å². The van der Waals surface area contributed by atoms with Crippen LogP contribution in [0.5, 0.6) is 5.75 Å². The van der Waals surface area contributed by atoms with E-state index in [1.807, 2.05) is 19.1 Å². The Bertz CT molecular complexity index is 386. The van der Waals surface area contributed by atoms with Crippen LogP contribution in [0.3, 0.4) is 0 Å². The third-order valence-electron chi connectivity index (χ3n) is 3.87. The summed E-state index contributed by atoms with van der Waals surface area (Å²) in [7, 11) is 0. The average molecular weight is 264 g/mol. The van der Waals surface area contributed by atoms with Crippen LogP contribution in [0.4, 0.5) is 0 Å². The van der Waals surface area contributed by atoms with Crippen LogP contribution < -0.4 is 10.5 Å². The van der Waals surface area contributed by atoms with Gasteiger partial charge in [-0.1, -0.05) is 26.0 Å². The second-order valence-corrected chi connectivity index (χ2v) is 5.31. The largest absolute Gasteiger partial charge is 0.494 e. The molecule has 108 valence electrons. The third-order valence-corrected chi connectivity index (χ3v) is 3.87. The second-order valence-electron chi connectivity index (χ2n) is 5.31. The normalized spacial score (nSPS) is 13.6. The summed E-state index contributed by atoms with van der Waals surface area (Å²) in [6.07, 6.45) is 0. The van der Waals surface area contributed by atoms with Crippen LogP contribution in [0.25, 0.3) is 0 Å². The highest BCUT2D eigenvalue weighted by atomic mass is 16.5. The molecule has 1 unspecified atom stereocenters. The Balaban J connectivity index is 2.97. The van der Waals surface area contributed by atoms with Crippen LogP contribution in [-0.4, -0.2) is 30.1 Å². The van der Waals surface area contributed by atoms with Gasteiger partial charge in [-0.3, -0.25) is 4.90 Å². The van der Waals surface area contributed by atoms with Crippen LogP contribution in [0.1, 0.15) is 46.2 Å². The van der Waals surface area contributed by atoms with Gasteiger partial charge in [0.15, 0.2) is 0 Å². The van der Waals surface area contributed by atoms with E-state index in [1.54, 1.807) is 0 Å². The van der Waals surface area contributed by atoms with E-state index in [2.05, 4.69) is 44.7 Å². The van der Waals surface area contributed by atoms with E-state index in [-0.39, 0.29) is 11.6 Å². The summed E-state index contributed by atoms with van der Waals surface area (Å²) in [6.45, 7) is 13.4. The van der Waals surface area contributed by atoms with Gasteiger partial charge < -0.3 is 10.5 Å². The van der Waals surface area contributed by atoms with Crippen molar-refractivity contribution in [2.24, 2.45) is 5.73 Å². The first kappa shape index (κ1) is 16.0. The Kier molecular flexibility index (Phi) is 5.83. The zero-order valence-corrected chi connectivity index (χ0v) is 12.9. The van der Waals surface area contributed by atoms with E-state index in [1.165, 1.54) is 0 Å². The van der Waals surface area contributed by atoms with Gasteiger partial charge in [-0.25, -0.2) is 0 Å². The molecule has 3 nitrogen and oxygen atoms in total. The molecule has 2 N–H and O–H groups in total. The summed E-state index contributed by atoms with van der Waals surface area (Å²) < 4.78 is 5.55. The molecule has 0 saturated carbocycles. The number of nitrogens with zero attached hydrogens (tertiary/aromatic N) is 1. The first-order valence-electron chi connectivity index (χ1n) is 7.20. The van der Waals surface area contributed by atoms with E-state index >= 15 is 0 Å². The van der Waals surface area contributed by atoms with Crippen LogP contribution in [-0.2, 0) is 0 Å². The molecule has 0 spiro atoms. The lowest BCUT2D eigenvalue weighted by Gasteiger charge is -2.42. The van der Waals surface area contributed by atoms with Crippen LogP contribution in [0, 0.1) is 0 Å². The Morgan fingerprint density at radius 2 is 1.84 bits per heavy atom. The second kappa shape index (κ2) is 6.92. The van der Waals surface area contributed by atoms with Crippen molar-refractivity contribution in [1.82, 2.24) is 4.90 Å². The number of hydrogen-bond acceptors (Lipinski definition) is 3. The first-order chi connectivity index (χ1) is 8.97. The summed E-state index contributed by atoms with van der Waals surface area (Å²) >= 11 is 0. The number of ether oxygens (including phenoxy) is 1. The van der Waals surface area contributed by atoms with Crippen molar-refractivity contribution in [3.8, 4) is 5.75 Å². The van der Waals surface area contributed by atoms with Gasteiger partial charge in [0.25, 0.3) is 0 Å². The van der Waals surface area contributed by atoms with Gasteiger partial charge in [0.2, 0.25) is 0 Å². The lowest BCUT2D eigenvalue weighted by atomic mass is 9.87. The van der Waals surface area contributed by atoms with E-state index < -0.39 is 0 Å². The van der Waals surface area contributed by atoms with Gasteiger partial charge in [0, 0.05) is 11.6 Å². The first-order valence-corrected chi connectivity index (χ1v) is 7.20. The lowest BCUT2D eigenvalue weighted by Crippen LogP contribution is -2.51. The maximum atomic E-state index is 6.49. The fourth-order valence-corrected chi connectivity index (χ4v) is 2.61. The van der Waals surface area contributed by atoms with E-state index in [4.69, 9.17) is 10.5 Å². The average Bonchev–Trinajstić information content (AvgIpc) is 2.39. The third kappa shape index (κ3) is 3.71. The highest BCUT2D eigenvalue weighted by Crippen LogP contribution is 2.30. The number of nitrogens with two attached hydrogens (primary N) is 1. The number of rotatable bonds is 7. The zero-order valence-electron chi connectivity index (χ0n) is 12.9. The number of benzene rings is 1. The molecule has 1 rings (SSSR count). The van der Waals surface area contributed by atoms with Gasteiger partial charge >= 0.3 is 0 Å². The van der Waals surface area contributed by atoms with Crippen molar-refractivity contribution >= 4 is 0 Å². The molecule has 19 heavy (non-hydrogen) atoms. The lowest BCUT2D eigenvalue weighted by molar-refractivity contribution is 0.107. The van der Waals surface area contributed by atoms with Crippen molar-refractivity contribution in [3.05, 3.63) is 29.8 Å². The van der Waals surface area contributed by atoms with Crippen LogP contribution in [0.2, 0.25) is 0 Å². The van der Waals surface area contributed by atoms with E-state index in [0.29, 0.717) is 6.61 Å². The minimum absolute atomic E-state index is 0.0344. The summed E-state index contributed by atoms with van der Waals surface area (Å²) in [5.74, 6) is 0.894. The minimum atomic E-state index is -0.0751. The van der Waals surface area contributed by atoms with Crippen LogP contribution in [0.15, 0.2) is 24.3 Å². The molecule has 0 heterocycles. The topological polar surface area (TPSA) is 38.5 Å². The molecular formula is C16H28N2O. The molecule has 0 aromatic heterocycles. The molecule has 3 heteroatoms. The van der Waals surface area contributed by atoms with Crippen molar-refractivity contribution in [1.29, 1.82) is 0 Å². The van der Waals surface area contributed by atoms with Crippen molar-refractivity contribution in [2.75, 3.05) is 19.7 Å². The highest BCUT2D eigenvalue weighted by molar-refractivity contribution is 5.32. The Morgan fingerprint density at radius 3 is 2.37 bits per heavy atom. The molecule has 0 radical (unpaired) electrons. The standard InChI is InChI=1S/C16H28N2O/c1-6-18(7-2)16(4,5)15(17)13-10-9-11-14(12-13)19-8-3/h9-12,15H,6-8,17H2,1-5H3. The molecule has 0 aliphatic rings. The SMILES string of the molecule is CCOc1cccc(C(N)C(C)(C)N(CC)CC)c1. The van der Waals surface area contributed by atoms with E-state index in [9.17, 15) is 0 Å². The molecule has 1 aromatic carbocycles. The summed E-state index contributed by atoms with van der Waals surface area (Å²) in [4.78, 5) is 2.39. The Hall–Kier alpha value is -1.06. The molecule has 1 aromatic rings. The minimum Gasteiger partial charge on any atom is -0.494 e. The molecule has 0 aliphatic carbocycles. The van der Waals surface area contributed by atoms with Gasteiger partial charge in [0.05, 0.1) is 6.61 Å². The Morgan fingerprint density at radius 1 is 1.21 bits per heavy atom. The van der Waals surface area contributed by atoms with Crippen LogP contribution >= 0.6 is 0 Å². The van der Waals surface area contributed by atoms with Crippen molar-refractivity contribution in [3.63, 3.8) is 0 Å². The highest BCUT2D eigenvalue weighted by Gasteiger charge is 2.32. The number of hydrogen-bond donors (Lipinski definition) is 1. The smallest absolute Gasteiger partial charge is 0.119 e. The van der Waals surface area contributed by atoms with Gasteiger partial charge in [-0.15, -0.1) is 0 Å². The predicted octanol–water partition coefficient (Wildman–Crippen LogP) is 3.21. The molecule has 0 saturated heterocycles. The fraction of sp³-hybridized carbons (Fsp3) is 0.625. The monoisotopic (exact) mass is 264 g/mol. The summed E-state index contributed by atoms with van der Waals surface area (Å²) in [6, 6.07) is 8.09. The van der Waals surface area contributed by atoms with Gasteiger partial charge in [-0.2, -0.15) is 0 Å². The number of likely N-dealkylation sites (N-methyl/N-ethyl adjacent to an activating group) is 1. The maximum absolute atomic E-state index is 6.49. The predicted molar refractivity (Wildman–Crippen MR) is 81.5 cm³/mol. The molecular weight excluding hydrogens is 236 g/mol. The summed E-state index contributed by atoms with van der Waals surface area (Å²) in [5, 5.41) is 0. The van der Waals surface area contributed by atoms with Crippen molar-refractivity contribution in [2.45, 2.75) is 46.2 Å². The molecule has 1 atom stereocenters. The Labute approximate surface area is 117 Å². The molecule has 0 fully saturated rings. The quantitative estimate of drug-likeness (QED) is 0.822. The van der Waals surface area contributed by atoms with Crippen molar-refractivity contribution < 1.29 is 4.74 Å². The molecule has 0 bridgehead atoms. The zero-order chi connectivity index (χ0) is 14.5. The molecule has 0 amide bonds. The summed E-state index contributed by atoms with van der Waals surface area (Å²) in [5.41, 5.74) is 7.55. The fourth-order valence-electron chi connectivity index (χ4n) is 2.61.